The lowest BCUT2D eigenvalue weighted by atomic mass is 10.1. The van der Waals surface area contributed by atoms with E-state index in [0.717, 1.165) is 67.6 Å². The highest BCUT2D eigenvalue weighted by Gasteiger charge is 2.13. The zero-order valence-corrected chi connectivity index (χ0v) is 24.6. The Morgan fingerprint density at radius 1 is 0.565 bits per heavy atom. The summed E-state index contributed by atoms with van der Waals surface area (Å²) in [5.41, 5.74) is 20.7. The number of pyridine rings is 2. The summed E-state index contributed by atoms with van der Waals surface area (Å²) in [6, 6.07) is 30.8. The van der Waals surface area contributed by atoms with Crippen molar-refractivity contribution in [3.05, 3.63) is 132 Å². The average Bonchev–Trinajstić information content (AvgIpc) is 3.58. The largest absolute Gasteiger partial charge is 0.369 e. The Morgan fingerprint density at radius 2 is 1.09 bits per heavy atom. The molecular formula is C36H28N8O2. The van der Waals surface area contributed by atoms with Gasteiger partial charge in [0.15, 0.2) is 0 Å². The van der Waals surface area contributed by atoms with E-state index in [0.29, 0.717) is 36.1 Å². The Morgan fingerprint density at radius 3 is 1.70 bits per heavy atom. The fourth-order valence-electron chi connectivity index (χ4n) is 5.73. The van der Waals surface area contributed by atoms with Crippen LogP contribution in [0.5, 0.6) is 0 Å². The third-order valence-corrected chi connectivity index (χ3v) is 7.97. The minimum absolute atomic E-state index is 0.427. The first kappa shape index (κ1) is 28.4. The highest BCUT2D eigenvalue weighted by Crippen LogP contribution is 2.25. The summed E-state index contributed by atoms with van der Waals surface area (Å²) in [5, 5.41) is 2.18. The Kier molecular flexibility index (Phi) is 7.35. The van der Waals surface area contributed by atoms with E-state index in [9.17, 15) is 9.59 Å². The number of nitrogens with two attached hydrogens (primary N) is 2. The lowest BCUT2D eigenvalue weighted by molar-refractivity contribution is 0.111. The number of fused-ring (bicyclic) bond motifs is 4. The van der Waals surface area contributed by atoms with Crippen LogP contribution in [-0.2, 0) is 13.1 Å². The van der Waals surface area contributed by atoms with Gasteiger partial charge in [0, 0.05) is 34.3 Å². The smallest absolute Gasteiger partial charge is 0.201 e. The van der Waals surface area contributed by atoms with Crippen molar-refractivity contribution in [3.63, 3.8) is 0 Å². The third-order valence-electron chi connectivity index (χ3n) is 7.97. The van der Waals surface area contributed by atoms with Crippen LogP contribution in [0.15, 0.2) is 109 Å². The van der Waals surface area contributed by atoms with Crippen LogP contribution in [0.4, 0.5) is 11.9 Å². The van der Waals surface area contributed by atoms with E-state index in [1.807, 2.05) is 88.0 Å². The predicted molar refractivity (Wildman–Crippen MR) is 181 cm³/mol. The number of carbonyl (C=O) groups is 2. The quantitative estimate of drug-likeness (QED) is 0.218. The fourth-order valence-corrected chi connectivity index (χ4v) is 5.73. The van der Waals surface area contributed by atoms with Gasteiger partial charge in [0.1, 0.15) is 12.6 Å². The van der Waals surface area contributed by atoms with E-state index in [4.69, 9.17) is 11.5 Å². The van der Waals surface area contributed by atoms with Gasteiger partial charge in [0.2, 0.25) is 11.9 Å². The van der Waals surface area contributed by atoms with Crippen LogP contribution < -0.4 is 11.5 Å². The van der Waals surface area contributed by atoms with Crippen LogP contribution in [0.25, 0.3) is 43.9 Å². The molecule has 0 saturated carbocycles. The monoisotopic (exact) mass is 604 g/mol. The van der Waals surface area contributed by atoms with Crippen LogP contribution in [-0.4, -0.2) is 41.6 Å². The van der Waals surface area contributed by atoms with Gasteiger partial charge in [-0.1, -0.05) is 48.5 Å². The van der Waals surface area contributed by atoms with Gasteiger partial charge in [0.25, 0.3) is 0 Å². The van der Waals surface area contributed by atoms with Crippen molar-refractivity contribution in [2.75, 3.05) is 11.5 Å². The van der Waals surface area contributed by atoms with E-state index >= 15 is 0 Å². The Balaban J connectivity index is 0.000000147. The molecular weight excluding hydrogens is 576 g/mol. The van der Waals surface area contributed by atoms with E-state index in [2.05, 4.69) is 19.9 Å². The maximum absolute atomic E-state index is 11.0. The second kappa shape index (κ2) is 11.9. The van der Waals surface area contributed by atoms with Crippen LogP contribution in [0, 0.1) is 0 Å². The first-order chi connectivity index (χ1) is 22.5. The van der Waals surface area contributed by atoms with Gasteiger partial charge in [-0.15, -0.1) is 0 Å². The number of aldehydes is 2. The molecule has 0 atom stereocenters. The van der Waals surface area contributed by atoms with Crippen LogP contribution >= 0.6 is 0 Å². The fraction of sp³-hybridized carbons (Fsp3) is 0.0556. The molecule has 4 aromatic heterocycles. The molecule has 0 aliphatic heterocycles. The molecule has 4 N–H and O–H groups in total. The molecule has 10 heteroatoms. The first-order valence-corrected chi connectivity index (χ1v) is 14.6. The number of imidazole rings is 2. The third kappa shape index (κ3) is 5.28. The molecule has 0 radical (unpaired) electrons. The molecule has 0 fully saturated rings. The Hall–Kier alpha value is -6.42. The van der Waals surface area contributed by atoms with E-state index in [-0.39, 0.29) is 0 Å². The highest BCUT2D eigenvalue weighted by molar-refractivity contribution is 5.88. The molecule has 0 bridgehead atoms. The molecule has 0 unspecified atom stereocenters. The van der Waals surface area contributed by atoms with E-state index in [1.54, 1.807) is 30.6 Å². The lowest BCUT2D eigenvalue weighted by Crippen LogP contribution is -2.05. The number of benzene rings is 4. The number of hydrogen-bond acceptors (Lipinski definition) is 8. The predicted octanol–water partition coefficient (Wildman–Crippen LogP) is 6.06. The molecule has 10 nitrogen and oxygen atoms in total. The van der Waals surface area contributed by atoms with Crippen molar-refractivity contribution in [2.45, 2.75) is 13.1 Å². The number of rotatable bonds is 6. The number of carbonyl (C=O) groups excluding carboxylic acids is 2. The van der Waals surface area contributed by atoms with Gasteiger partial charge in [-0.25, -0.2) is 9.97 Å². The summed E-state index contributed by atoms with van der Waals surface area (Å²) in [6.45, 7) is 1.14. The molecule has 46 heavy (non-hydrogen) atoms. The topological polar surface area (TPSA) is 148 Å². The minimum Gasteiger partial charge on any atom is -0.369 e. The maximum Gasteiger partial charge on any atom is 0.201 e. The number of nitrogen functional groups attached to an aromatic ring is 2. The van der Waals surface area contributed by atoms with Crippen molar-refractivity contribution in [3.8, 4) is 0 Å². The molecule has 8 aromatic rings. The molecule has 0 amide bonds. The van der Waals surface area contributed by atoms with E-state index in [1.165, 1.54) is 0 Å². The van der Waals surface area contributed by atoms with Gasteiger partial charge in [-0.05, 0) is 59.7 Å². The SMILES string of the molecule is Nc1nc2cc(C=O)ccc2n1Cc1cccc2cccnc12.Nc1nc2ccc(C=O)cc2n1Cc1cccc2cccnc12. The summed E-state index contributed by atoms with van der Waals surface area (Å²) >= 11 is 0. The number of anilines is 2. The molecule has 0 aliphatic rings. The Labute approximate surface area is 263 Å². The van der Waals surface area contributed by atoms with Crippen LogP contribution in [0.1, 0.15) is 31.8 Å². The van der Waals surface area contributed by atoms with Gasteiger partial charge in [0.05, 0.1) is 46.2 Å². The van der Waals surface area contributed by atoms with Crippen LogP contribution in [0.2, 0.25) is 0 Å². The summed E-state index contributed by atoms with van der Waals surface area (Å²) in [4.78, 5) is 39.6. The molecule has 0 saturated heterocycles. The van der Waals surface area contributed by atoms with Crippen molar-refractivity contribution >= 4 is 68.3 Å². The summed E-state index contributed by atoms with van der Waals surface area (Å²) < 4.78 is 3.85. The molecule has 4 aromatic carbocycles. The Bertz CT molecular complexity index is 2400. The lowest BCUT2D eigenvalue weighted by Gasteiger charge is -2.09. The van der Waals surface area contributed by atoms with Gasteiger partial charge in [-0.2, -0.15) is 0 Å². The highest BCUT2D eigenvalue weighted by atomic mass is 16.1. The second-order valence-electron chi connectivity index (χ2n) is 10.8. The normalized spacial score (nSPS) is 11.1. The van der Waals surface area contributed by atoms with Gasteiger partial charge in [-0.3, -0.25) is 19.6 Å². The van der Waals surface area contributed by atoms with Gasteiger partial charge >= 0.3 is 0 Å². The van der Waals surface area contributed by atoms with Gasteiger partial charge < -0.3 is 20.6 Å². The number of para-hydroxylation sites is 2. The van der Waals surface area contributed by atoms with Crippen molar-refractivity contribution in [2.24, 2.45) is 0 Å². The zero-order valence-electron chi connectivity index (χ0n) is 24.6. The second-order valence-corrected chi connectivity index (χ2v) is 10.8. The maximum atomic E-state index is 11.0. The zero-order chi connectivity index (χ0) is 31.6. The molecule has 224 valence electrons. The van der Waals surface area contributed by atoms with Crippen molar-refractivity contribution in [1.29, 1.82) is 0 Å². The average molecular weight is 605 g/mol. The summed E-state index contributed by atoms with van der Waals surface area (Å²) in [7, 11) is 0. The van der Waals surface area contributed by atoms with Crippen molar-refractivity contribution in [1.82, 2.24) is 29.1 Å². The van der Waals surface area contributed by atoms with E-state index < -0.39 is 0 Å². The molecule has 4 heterocycles. The number of nitrogens with zero attached hydrogens (tertiary/aromatic N) is 6. The number of aromatic nitrogens is 6. The first-order valence-electron chi connectivity index (χ1n) is 14.6. The molecule has 0 spiro atoms. The number of hydrogen-bond donors (Lipinski definition) is 2. The summed E-state index contributed by atoms with van der Waals surface area (Å²) in [6.07, 6.45) is 5.21. The van der Waals surface area contributed by atoms with Crippen molar-refractivity contribution < 1.29 is 9.59 Å². The standard InChI is InChI=1S/2C18H14N4O/c19-18-21-15-9-12(11-23)6-7-16(15)22(18)10-14-4-1-3-13-5-2-8-20-17(13)14;19-18-21-15-7-6-12(11-23)9-16(15)22(18)10-14-4-1-3-13-5-2-8-20-17(13)14/h2*1-9,11H,10H2,(H2,19,21). The summed E-state index contributed by atoms with van der Waals surface area (Å²) in [5.74, 6) is 0.854. The molecule has 8 rings (SSSR count). The molecule has 0 aliphatic carbocycles. The minimum atomic E-state index is 0.427. The van der Waals surface area contributed by atoms with Crippen LogP contribution in [0.3, 0.4) is 0 Å².